The number of primary amides is 1. The van der Waals surface area contributed by atoms with E-state index in [1.165, 1.54) is 11.3 Å². The summed E-state index contributed by atoms with van der Waals surface area (Å²) < 4.78 is 0. The van der Waals surface area contributed by atoms with Crippen molar-refractivity contribution in [2.75, 3.05) is 5.73 Å². The molecule has 5 nitrogen and oxygen atoms in total. The largest absolute Gasteiger partial charge is 0.477 e. The molecule has 0 saturated carbocycles. The number of carbonyl (C=O) groups is 2. The van der Waals surface area contributed by atoms with Gasteiger partial charge in [0.2, 0.25) is 5.91 Å². The Labute approximate surface area is 114 Å². The van der Waals surface area contributed by atoms with Crippen LogP contribution in [0.4, 0.5) is 5.69 Å². The molecule has 0 saturated heterocycles. The van der Waals surface area contributed by atoms with Gasteiger partial charge >= 0.3 is 5.97 Å². The van der Waals surface area contributed by atoms with Gasteiger partial charge in [-0.3, -0.25) is 4.79 Å². The van der Waals surface area contributed by atoms with Gasteiger partial charge in [0.25, 0.3) is 0 Å². The zero-order valence-corrected chi connectivity index (χ0v) is 11.1. The predicted molar refractivity (Wildman–Crippen MR) is 75.4 cm³/mol. The highest BCUT2D eigenvalue weighted by molar-refractivity contribution is 7.13. The van der Waals surface area contributed by atoms with Crippen LogP contribution in [0.5, 0.6) is 0 Å². The standard InChI is InChI=1S/C7H8N2O.C6H6O2S/c8-6-3-1-5(2-4-6)7(9)10;1-4-2-3-5(9-4)6(7)8/h1-4H,8H2,(H2,9,10);2-3H,1H3,(H,7,8). The maximum atomic E-state index is 10.5. The zero-order valence-electron chi connectivity index (χ0n) is 10.3. The van der Waals surface area contributed by atoms with Crippen LogP contribution in [-0.2, 0) is 0 Å². The van der Waals surface area contributed by atoms with Gasteiger partial charge in [0.15, 0.2) is 0 Å². The number of nitrogen functional groups attached to an aromatic ring is 1. The Morgan fingerprint density at radius 3 is 2.00 bits per heavy atom. The Morgan fingerprint density at radius 1 is 1.11 bits per heavy atom. The van der Waals surface area contributed by atoms with Crippen LogP contribution in [0.15, 0.2) is 36.4 Å². The van der Waals surface area contributed by atoms with E-state index in [4.69, 9.17) is 16.6 Å². The van der Waals surface area contributed by atoms with Crippen LogP contribution in [-0.4, -0.2) is 17.0 Å². The number of benzene rings is 1. The number of carboxylic acids is 1. The SMILES string of the molecule is Cc1ccc(C(=O)O)s1.NC(=O)c1ccc(N)cc1. The molecule has 100 valence electrons. The zero-order chi connectivity index (χ0) is 14.4. The number of amides is 1. The van der Waals surface area contributed by atoms with Crippen molar-refractivity contribution in [3.8, 4) is 0 Å². The van der Waals surface area contributed by atoms with Crippen LogP contribution in [0.1, 0.15) is 24.9 Å². The summed E-state index contributed by atoms with van der Waals surface area (Å²) in [5.74, 6) is -1.27. The Bertz CT molecular complexity index is 576. The molecule has 0 fully saturated rings. The third-order valence-electron chi connectivity index (χ3n) is 2.15. The summed E-state index contributed by atoms with van der Waals surface area (Å²) in [4.78, 5) is 22.2. The van der Waals surface area contributed by atoms with E-state index >= 15 is 0 Å². The van der Waals surface area contributed by atoms with Crippen molar-refractivity contribution in [3.05, 3.63) is 51.7 Å². The highest BCUT2D eigenvalue weighted by Gasteiger charge is 2.02. The van der Waals surface area contributed by atoms with E-state index in [-0.39, 0.29) is 0 Å². The number of hydrogen-bond acceptors (Lipinski definition) is 4. The molecule has 0 aliphatic heterocycles. The van der Waals surface area contributed by atoms with Gasteiger partial charge in [-0.25, -0.2) is 4.79 Å². The summed E-state index contributed by atoms with van der Waals surface area (Å²) in [6.45, 7) is 1.89. The third kappa shape index (κ3) is 4.81. The first-order valence-corrected chi connectivity index (χ1v) is 6.17. The number of nitrogens with two attached hydrogens (primary N) is 2. The Balaban J connectivity index is 0.000000191. The molecular formula is C13H14N2O3S. The van der Waals surface area contributed by atoms with Crippen LogP contribution in [0, 0.1) is 6.92 Å². The molecule has 2 aromatic rings. The minimum atomic E-state index is -0.840. The molecule has 0 aliphatic carbocycles. The van der Waals surface area contributed by atoms with Gasteiger partial charge in [-0.05, 0) is 43.3 Å². The van der Waals surface area contributed by atoms with Gasteiger partial charge in [0.05, 0.1) is 0 Å². The number of carboxylic acid groups (broad SMARTS) is 1. The second kappa shape index (κ2) is 6.55. The predicted octanol–water partition coefficient (Wildman–Crippen LogP) is 2.12. The highest BCUT2D eigenvalue weighted by Crippen LogP contribution is 2.13. The molecule has 0 spiro atoms. The van der Waals surface area contributed by atoms with Crippen molar-refractivity contribution in [1.29, 1.82) is 0 Å². The van der Waals surface area contributed by atoms with Crippen molar-refractivity contribution < 1.29 is 14.7 Å². The first kappa shape index (κ1) is 14.7. The molecule has 6 heteroatoms. The van der Waals surface area contributed by atoms with E-state index in [9.17, 15) is 9.59 Å². The Hall–Kier alpha value is -2.34. The van der Waals surface area contributed by atoms with Crippen molar-refractivity contribution in [2.24, 2.45) is 5.73 Å². The van der Waals surface area contributed by atoms with E-state index in [2.05, 4.69) is 0 Å². The van der Waals surface area contributed by atoms with E-state index in [1.807, 2.05) is 6.92 Å². The first-order valence-electron chi connectivity index (χ1n) is 5.35. The van der Waals surface area contributed by atoms with Crippen molar-refractivity contribution in [3.63, 3.8) is 0 Å². The summed E-state index contributed by atoms with van der Waals surface area (Å²) in [5.41, 5.74) is 11.5. The summed E-state index contributed by atoms with van der Waals surface area (Å²) >= 11 is 1.30. The monoisotopic (exact) mass is 278 g/mol. The number of rotatable bonds is 2. The molecule has 0 unspecified atom stereocenters. The van der Waals surface area contributed by atoms with Crippen molar-refractivity contribution in [1.82, 2.24) is 0 Å². The summed E-state index contributed by atoms with van der Waals surface area (Å²) in [6.07, 6.45) is 0. The van der Waals surface area contributed by atoms with Crippen LogP contribution >= 0.6 is 11.3 Å². The fraction of sp³-hybridized carbons (Fsp3) is 0.0769. The lowest BCUT2D eigenvalue weighted by molar-refractivity contribution is 0.0702. The number of aryl methyl sites for hydroxylation is 1. The lowest BCUT2D eigenvalue weighted by Gasteiger charge is -1.93. The number of hydrogen-bond donors (Lipinski definition) is 3. The van der Waals surface area contributed by atoms with Crippen LogP contribution < -0.4 is 11.5 Å². The minimum absolute atomic E-state index is 0.410. The molecule has 0 radical (unpaired) electrons. The normalized spacial score (nSPS) is 9.32. The van der Waals surface area contributed by atoms with E-state index in [0.29, 0.717) is 16.1 Å². The molecular weight excluding hydrogens is 264 g/mol. The molecule has 5 N–H and O–H groups in total. The van der Waals surface area contributed by atoms with Crippen molar-refractivity contribution in [2.45, 2.75) is 6.92 Å². The average Bonchev–Trinajstić information content (AvgIpc) is 2.77. The van der Waals surface area contributed by atoms with E-state index < -0.39 is 11.9 Å². The first-order chi connectivity index (χ1) is 8.90. The fourth-order valence-corrected chi connectivity index (χ4v) is 1.90. The molecule has 19 heavy (non-hydrogen) atoms. The maximum Gasteiger partial charge on any atom is 0.345 e. The molecule has 0 bridgehead atoms. The summed E-state index contributed by atoms with van der Waals surface area (Å²) in [6, 6.07) is 9.88. The molecule has 1 amide bonds. The maximum absolute atomic E-state index is 10.5. The lowest BCUT2D eigenvalue weighted by atomic mass is 10.2. The molecule has 2 rings (SSSR count). The molecule has 1 aromatic heterocycles. The second-order valence-corrected chi connectivity index (χ2v) is 4.99. The van der Waals surface area contributed by atoms with Gasteiger partial charge in [-0.15, -0.1) is 11.3 Å². The van der Waals surface area contributed by atoms with Crippen LogP contribution in [0.25, 0.3) is 0 Å². The minimum Gasteiger partial charge on any atom is -0.477 e. The average molecular weight is 278 g/mol. The quantitative estimate of drug-likeness (QED) is 0.731. The highest BCUT2D eigenvalue weighted by atomic mass is 32.1. The van der Waals surface area contributed by atoms with Crippen LogP contribution in [0.2, 0.25) is 0 Å². The van der Waals surface area contributed by atoms with Gasteiger partial charge < -0.3 is 16.6 Å². The van der Waals surface area contributed by atoms with Crippen molar-refractivity contribution >= 4 is 28.9 Å². The smallest absolute Gasteiger partial charge is 0.345 e. The third-order valence-corrected chi connectivity index (χ3v) is 3.14. The number of thiophene rings is 1. The fourth-order valence-electron chi connectivity index (χ4n) is 1.20. The number of aromatic carboxylic acids is 1. The topological polar surface area (TPSA) is 106 Å². The Morgan fingerprint density at radius 2 is 1.68 bits per heavy atom. The molecule has 1 heterocycles. The number of anilines is 1. The molecule has 0 atom stereocenters. The molecule has 1 aromatic carbocycles. The van der Waals surface area contributed by atoms with E-state index in [1.54, 1.807) is 36.4 Å². The summed E-state index contributed by atoms with van der Waals surface area (Å²) in [5, 5.41) is 8.41. The van der Waals surface area contributed by atoms with E-state index in [0.717, 1.165) is 4.88 Å². The lowest BCUT2D eigenvalue weighted by Crippen LogP contribution is -2.10. The van der Waals surface area contributed by atoms with Gasteiger partial charge in [0, 0.05) is 16.1 Å². The summed E-state index contributed by atoms with van der Waals surface area (Å²) in [7, 11) is 0. The van der Waals surface area contributed by atoms with Gasteiger partial charge in [-0.2, -0.15) is 0 Å². The van der Waals surface area contributed by atoms with Gasteiger partial charge in [0.1, 0.15) is 4.88 Å². The second-order valence-electron chi connectivity index (χ2n) is 3.70. The Kier molecular flexibility index (Phi) is 5.08. The van der Waals surface area contributed by atoms with Gasteiger partial charge in [-0.1, -0.05) is 0 Å². The van der Waals surface area contributed by atoms with Crippen LogP contribution in [0.3, 0.4) is 0 Å². The molecule has 0 aliphatic rings. The number of carbonyl (C=O) groups excluding carboxylic acids is 1.